The molecule has 1 aromatic heterocycles. The average Bonchev–Trinajstić information content (AvgIpc) is 3.45. The molecule has 2 saturated heterocycles. The highest BCUT2D eigenvalue weighted by Crippen LogP contribution is 2.49. The Hall–Kier alpha value is -3.40. The largest absolute Gasteiger partial charge is 0.324 e. The number of hydrogen-bond acceptors (Lipinski definition) is 4. The van der Waals surface area contributed by atoms with Gasteiger partial charge in [-0.15, -0.1) is 0 Å². The number of halogens is 3. The first-order valence-corrected chi connectivity index (χ1v) is 14.6. The molecular formula is C31H36F3N5O2. The number of carbonyl (C=O) groups excluding carboxylic acids is 1. The Kier molecular flexibility index (Phi) is 7.52. The number of nitrogens with one attached hydrogen (secondary N) is 1. The Morgan fingerprint density at radius 2 is 1.80 bits per heavy atom. The predicted octanol–water partition coefficient (Wildman–Crippen LogP) is 5.24. The summed E-state index contributed by atoms with van der Waals surface area (Å²) in [5.41, 5.74) is 0.277. The lowest BCUT2D eigenvalue weighted by Crippen LogP contribution is -2.57. The number of urea groups is 1. The lowest BCUT2D eigenvalue weighted by Gasteiger charge is -2.49. The lowest BCUT2D eigenvalue weighted by atomic mass is 9.69. The number of amides is 2. The molecule has 10 heteroatoms. The number of likely N-dealkylation sites (tertiary alicyclic amines) is 2. The van der Waals surface area contributed by atoms with Gasteiger partial charge in [-0.3, -0.25) is 9.36 Å². The molecule has 0 unspecified atom stereocenters. The summed E-state index contributed by atoms with van der Waals surface area (Å²) >= 11 is 0. The summed E-state index contributed by atoms with van der Waals surface area (Å²) in [7, 11) is 1.85. The topological polar surface area (TPSA) is 70.5 Å². The van der Waals surface area contributed by atoms with Gasteiger partial charge in [0.15, 0.2) is 0 Å². The maximum absolute atomic E-state index is 14.9. The molecule has 1 N–H and O–H groups in total. The molecule has 6 rings (SSSR count). The van der Waals surface area contributed by atoms with E-state index in [9.17, 15) is 22.8 Å². The van der Waals surface area contributed by atoms with Crippen LogP contribution in [0.15, 0.2) is 47.5 Å². The van der Waals surface area contributed by atoms with E-state index in [0.717, 1.165) is 44.2 Å². The fourth-order valence-corrected chi connectivity index (χ4v) is 7.50. The Morgan fingerprint density at radius 3 is 2.59 bits per heavy atom. The van der Waals surface area contributed by atoms with Crippen LogP contribution in [0.5, 0.6) is 0 Å². The first-order valence-electron chi connectivity index (χ1n) is 14.6. The van der Waals surface area contributed by atoms with Crippen LogP contribution in [-0.2, 0) is 6.54 Å². The van der Waals surface area contributed by atoms with E-state index in [2.05, 4.69) is 10.3 Å². The molecule has 0 radical (unpaired) electrons. The van der Waals surface area contributed by atoms with Crippen LogP contribution >= 0.6 is 0 Å². The highest BCUT2D eigenvalue weighted by Gasteiger charge is 2.48. The van der Waals surface area contributed by atoms with Crippen LogP contribution in [-0.4, -0.2) is 58.1 Å². The fraction of sp³-hybridized carbons (Fsp3) is 0.516. The molecule has 2 aromatic carbocycles. The molecule has 41 heavy (non-hydrogen) atoms. The Labute approximate surface area is 237 Å². The molecule has 1 spiro atoms. The quantitative estimate of drug-likeness (QED) is 0.468. The van der Waals surface area contributed by atoms with Gasteiger partial charge in [-0.2, -0.15) is 0 Å². The molecule has 3 atom stereocenters. The molecule has 2 amide bonds. The SMILES string of the molecule is CN[C@@H]1CCN(C(=O)N2CC[C@@H](Cn3cnc4ccc(F)cc4c3=O)C3(CCCC3)C2)[C@H](c2cc(F)ccc2F)C1. The summed E-state index contributed by atoms with van der Waals surface area (Å²) in [5, 5.41) is 3.51. The van der Waals surface area contributed by atoms with Crippen LogP contribution in [0.3, 0.4) is 0 Å². The molecular weight excluding hydrogens is 531 g/mol. The van der Waals surface area contributed by atoms with Gasteiger partial charge in [0.1, 0.15) is 17.5 Å². The van der Waals surface area contributed by atoms with Crippen molar-refractivity contribution in [1.29, 1.82) is 0 Å². The molecule has 3 aromatic rings. The summed E-state index contributed by atoms with van der Waals surface area (Å²) in [6.07, 6.45) is 7.51. The lowest BCUT2D eigenvalue weighted by molar-refractivity contribution is 0.0206. The third kappa shape index (κ3) is 5.22. The van der Waals surface area contributed by atoms with E-state index in [4.69, 9.17) is 0 Å². The van der Waals surface area contributed by atoms with Crippen molar-refractivity contribution in [2.75, 3.05) is 26.7 Å². The van der Waals surface area contributed by atoms with Crippen LogP contribution in [0.1, 0.15) is 56.6 Å². The molecule has 0 bridgehead atoms. The average molecular weight is 568 g/mol. The van der Waals surface area contributed by atoms with Gasteiger partial charge in [0.2, 0.25) is 0 Å². The van der Waals surface area contributed by atoms with E-state index in [-0.39, 0.29) is 39.9 Å². The Morgan fingerprint density at radius 1 is 1.05 bits per heavy atom. The second-order valence-electron chi connectivity index (χ2n) is 12.0. The number of nitrogens with zero attached hydrogens (tertiary/aromatic N) is 4. The van der Waals surface area contributed by atoms with Gasteiger partial charge in [-0.1, -0.05) is 12.8 Å². The number of benzene rings is 2. The molecule has 1 aliphatic carbocycles. The molecule has 3 aliphatic rings. The first-order chi connectivity index (χ1) is 19.8. The number of carbonyl (C=O) groups is 1. The third-order valence-corrected chi connectivity index (χ3v) is 9.77. The Balaban J connectivity index is 1.25. The molecule has 1 saturated carbocycles. The monoisotopic (exact) mass is 567 g/mol. The van der Waals surface area contributed by atoms with Crippen molar-refractivity contribution in [3.63, 3.8) is 0 Å². The van der Waals surface area contributed by atoms with Crippen molar-refractivity contribution in [1.82, 2.24) is 24.7 Å². The summed E-state index contributed by atoms with van der Waals surface area (Å²) in [6.45, 7) is 1.99. The summed E-state index contributed by atoms with van der Waals surface area (Å²) in [5.74, 6) is -1.34. The standard InChI is InChI=1S/C31H36F3N5O2/c1-35-23-9-13-39(28(16-23)24-14-21(32)4-6-26(24)34)30(41)37-12-8-20(31(18-37)10-2-3-11-31)17-38-19-36-27-7-5-22(33)15-25(27)29(38)40/h4-7,14-15,19-20,23,28,35H,2-3,8-13,16-18H2,1H3/t20-,23+,28-/m0/s1. The van der Waals surface area contributed by atoms with Crippen molar-refractivity contribution in [2.45, 2.75) is 63.6 Å². The molecule has 3 heterocycles. The summed E-state index contributed by atoms with van der Waals surface area (Å²) in [6, 6.07) is 6.89. The highest BCUT2D eigenvalue weighted by atomic mass is 19.1. The van der Waals surface area contributed by atoms with Crippen molar-refractivity contribution in [3.8, 4) is 0 Å². The van der Waals surface area contributed by atoms with E-state index in [0.29, 0.717) is 44.5 Å². The molecule has 218 valence electrons. The maximum atomic E-state index is 14.9. The minimum absolute atomic E-state index is 0.0981. The Bertz CT molecular complexity index is 1500. The third-order valence-electron chi connectivity index (χ3n) is 9.77. The summed E-state index contributed by atoms with van der Waals surface area (Å²) in [4.78, 5) is 35.3. The van der Waals surface area contributed by atoms with Gasteiger partial charge in [-0.05, 0) is 86.9 Å². The van der Waals surface area contributed by atoms with Gasteiger partial charge >= 0.3 is 6.03 Å². The van der Waals surface area contributed by atoms with Crippen LogP contribution in [0, 0.1) is 28.8 Å². The molecule has 3 fully saturated rings. The minimum atomic E-state index is -0.565. The number of hydrogen-bond donors (Lipinski definition) is 1. The smallest absolute Gasteiger partial charge is 0.320 e. The second kappa shape index (κ2) is 11.1. The number of aromatic nitrogens is 2. The van der Waals surface area contributed by atoms with Crippen LogP contribution in [0.2, 0.25) is 0 Å². The van der Waals surface area contributed by atoms with Crippen molar-refractivity contribution < 1.29 is 18.0 Å². The van der Waals surface area contributed by atoms with Crippen molar-refractivity contribution in [2.24, 2.45) is 11.3 Å². The van der Waals surface area contributed by atoms with E-state index in [1.54, 1.807) is 15.8 Å². The predicted molar refractivity (Wildman–Crippen MR) is 150 cm³/mol. The van der Waals surface area contributed by atoms with Crippen LogP contribution in [0.25, 0.3) is 10.9 Å². The van der Waals surface area contributed by atoms with E-state index in [1.165, 1.54) is 24.3 Å². The van der Waals surface area contributed by atoms with Gasteiger partial charge in [0, 0.05) is 37.8 Å². The van der Waals surface area contributed by atoms with E-state index < -0.39 is 23.5 Å². The van der Waals surface area contributed by atoms with Gasteiger partial charge < -0.3 is 15.1 Å². The number of rotatable bonds is 4. The first kappa shape index (κ1) is 27.8. The number of fused-ring (bicyclic) bond motifs is 1. The molecule has 2 aliphatic heterocycles. The normalized spacial score (nSPS) is 24.3. The highest BCUT2D eigenvalue weighted by molar-refractivity contribution is 5.77. The second-order valence-corrected chi connectivity index (χ2v) is 12.0. The van der Waals surface area contributed by atoms with Gasteiger partial charge in [0.25, 0.3) is 5.56 Å². The zero-order valence-electron chi connectivity index (χ0n) is 23.3. The number of piperidine rings is 2. The van der Waals surface area contributed by atoms with E-state index >= 15 is 0 Å². The summed E-state index contributed by atoms with van der Waals surface area (Å²) < 4.78 is 44.6. The molecule has 7 nitrogen and oxygen atoms in total. The van der Waals surface area contributed by atoms with Crippen molar-refractivity contribution in [3.05, 3.63) is 76.1 Å². The van der Waals surface area contributed by atoms with Crippen LogP contribution in [0.4, 0.5) is 18.0 Å². The zero-order valence-corrected chi connectivity index (χ0v) is 23.3. The van der Waals surface area contributed by atoms with Gasteiger partial charge in [-0.25, -0.2) is 22.9 Å². The fourth-order valence-electron chi connectivity index (χ4n) is 7.50. The van der Waals surface area contributed by atoms with Crippen molar-refractivity contribution >= 4 is 16.9 Å². The van der Waals surface area contributed by atoms with E-state index in [1.807, 2.05) is 11.9 Å². The maximum Gasteiger partial charge on any atom is 0.320 e. The van der Waals surface area contributed by atoms with Crippen LogP contribution < -0.4 is 10.9 Å². The minimum Gasteiger partial charge on any atom is -0.324 e. The zero-order chi connectivity index (χ0) is 28.7. The van der Waals surface area contributed by atoms with Gasteiger partial charge in [0.05, 0.1) is 23.3 Å².